The number of unbranched alkanes of at least 4 members (excludes halogenated alkanes) is 1. The van der Waals surface area contributed by atoms with E-state index in [0.29, 0.717) is 6.04 Å². The second-order valence-electron chi connectivity index (χ2n) is 5.29. The number of pyridine rings is 1. The number of aryl methyl sites for hydroxylation is 1. The van der Waals surface area contributed by atoms with Crippen LogP contribution in [-0.2, 0) is 6.54 Å². The Morgan fingerprint density at radius 3 is 2.67 bits per heavy atom. The monoisotopic (exact) mass is 249 g/mol. The molecule has 0 aliphatic carbocycles. The van der Waals surface area contributed by atoms with Gasteiger partial charge in [-0.1, -0.05) is 27.2 Å². The number of anilines is 1. The number of nitrogens with zero attached hydrogens (tertiary/aromatic N) is 2. The van der Waals surface area contributed by atoms with Gasteiger partial charge in [0, 0.05) is 32.4 Å². The predicted octanol–water partition coefficient (Wildman–Crippen LogP) is 3.12. The molecule has 3 heteroatoms. The van der Waals surface area contributed by atoms with Crippen molar-refractivity contribution < 1.29 is 0 Å². The van der Waals surface area contributed by atoms with E-state index >= 15 is 0 Å². The van der Waals surface area contributed by atoms with E-state index in [1.807, 2.05) is 6.20 Å². The van der Waals surface area contributed by atoms with Crippen molar-refractivity contribution in [2.75, 3.05) is 18.5 Å². The first-order chi connectivity index (χ1) is 8.54. The smallest absolute Gasteiger partial charge is 0.131 e. The van der Waals surface area contributed by atoms with E-state index in [1.165, 1.54) is 24.0 Å². The second kappa shape index (κ2) is 7.37. The van der Waals surface area contributed by atoms with Crippen LogP contribution in [0, 0.1) is 6.92 Å². The van der Waals surface area contributed by atoms with Crippen LogP contribution in [0.2, 0.25) is 0 Å². The van der Waals surface area contributed by atoms with Crippen LogP contribution in [0.25, 0.3) is 0 Å². The molecule has 0 spiro atoms. The Morgan fingerprint density at radius 2 is 2.11 bits per heavy atom. The van der Waals surface area contributed by atoms with Gasteiger partial charge in [0.25, 0.3) is 0 Å². The molecule has 0 bridgehead atoms. The zero-order valence-corrected chi connectivity index (χ0v) is 12.5. The molecule has 0 aliphatic rings. The van der Waals surface area contributed by atoms with Crippen molar-refractivity contribution in [3.05, 3.63) is 23.4 Å². The maximum Gasteiger partial charge on any atom is 0.131 e. The summed E-state index contributed by atoms with van der Waals surface area (Å²) in [4.78, 5) is 6.84. The van der Waals surface area contributed by atoms with Crippen LogP contribution in [0.1, 0.15) is 44.7 Å². The van der Waals surface area contributed by atoms with Crippen molar-refractivity contribution in [2.45, 2.75) is 53.1 Å². The van der Waals surface area contributed by atoms with E-state index in [0.717, 1.165) is 18.9 Å². The van der Waals surface area contributed by atoms with Crippen molar-refractivity contribution in [2.24, 2.45) is 0 Å². The SMILES string of the molecule is CCCCN(C)c1ncc(CNC(C)C)cc1C. The number of hydrogen-bond donors (Lipinski definition) is 1. The summed E-state index contributed by atoms with van der Waals surface area (Å²) in [5.41, 5.74) is 2.52. The molecule has 102 valence electrons. The highest BCUT2D eigenvalue weighted by Gasteiger charge is 2.06. The number of rotatable bonds is 7. The van der Waals surface area contributed by atoms with E-state index < -0.39 is 0 Å². The van der Waals surface area contributed by atoms with E-state index in [9.17, 15) is 0 Å². The normalized spacial score (nSPS) is 11.0. The Balaban J connectivity index is 2.66. The third-order valence-electron chi connectivity index (χ3n) is 3.03. The van der Waals surface area contributed by atoms with Gasteiger partial charge in [0.1, 0.15) is 5.82 Å². The van der Waals surface area contributed by atoms with E-state index in [-0.39, 0.29) is 0 Å². The molecule has 0 aromatic carbocycles. The Labute approximate surface area is 112 Å². The topological polar surface area (TPSA) is 28.2 Å². The molecular formula is C15H27N3. The molecule has 0 saturated heterocycles. The summed E-state index contributed by atoms with van der Waals surface area (Å²) in [6.45, 7) is 10.7. The van der Waals surface area contributed by atoms with Crippen molar-refractivity contribution in [1.29, 1.82) is 0 Å². The molecule has 0 saturated carbocycles. The first kappa shape index (κ1) is 15.0. The predicted molar refractivity (Wildman–Crippen MR) is 79.1 cm³/mol. The molecule has 18 heavy (non-hydrogen) atoms. The maximum atomic E-state index is 4.59. The lowest BCUT2D eigenvalue weighted by Crippen LogP contribution is -2.23. The zero-order valence-electron chi connectivity index (χ0n) is 12.5. The molecule has 0 unspecified atom stereocenters. The van der Waals surface area contributed by atoms with Crippen LogP contribution in [0.4, 0.5) is 5.82 Å². The Kier molecular flexibility index (Phi) is 6.13. The van der Waals surface area contributed by atoms with Gasteiger partial charge in [-0.3, -0.25) is 0 Å². The average molecular weight is 249 g/mol. The third kappa shape index (κ3) is 4.65. The average Bonchev–Trinajstić information content (AvgIpc) is 2.33. The van der Waals surface area contributed by atoms with Crippen molar-refractivity contribution in [1.82, 2.24) is 10.3 Å². The highest BCUT2D eigenvalue weighted by molar-refractivity contribution is 5.46. The minimum absolute atomic E-state index is 0.511. The molecule has 1 aromatic rings. The molecule has 0 radical (unpaired) electrons. The van der Waals surface area contributed by atoms with Gasteiger partial charge in [-0.25, -0.2) is 4.98 Å². The fourth-order valence-electron chi connectivity index (χ4n) is 1.95. The number of aromatic nitrogens is 1. The van der Waals surface area contributed by atoms with Gasteiger partial charge in [-0.05, 0) is 30.5 Å². The molecule has 1 N–H and O–H groups in total. The molecule has 3 nitrogen and oxygen atoms in total. The minimum Gasteiger partial charge on any atom is -0.359 e. The summed E-state index contributed by atoms with van der Waals surface area (Å²) in [5, 5.41) is 3.42. The second-order valence-corrected chi connectivity index (χ2v) is 5.29. The lowest BCUT2D eigenvalue weighted by Gasteiger charge is -2.20. The van der Waals surface area contributed by atoms with Crippen LogP contribution in [0.3, 0.4) is 0 Å². The van der Waals surface area contributed by atoms with Crippen molar-refractivity contribution in [3.8, 4) is 0 Å². The Bertz CT molecular complexity index is 361. The third-order valence-corrected chi connectivity index (χ3v) is 3.03. The van der Waals surface area contributed by atoms with Crippen molar-refractivity contribution in [3.63, 3.8) is 0 Å². The lowest BCUT2D eigenvalue weighted by atomic mass is 10.2. The zero-order chi connectivity index (χ0) is 13.5. The number of hydrogen-bond acceptors (Lipinski definition) is 3. The molecule has 0 atom stereocenters. The maximum absolute atomic E-state index is 4.59. The van der Waals surface area contributed by atoms with Gasteiger partial charge >= 0.3 is 0 Å². The molecule has 0 fully saturated rings. The van der Waals surface area contributed by atoms with Gasteiger partial charge < -0.3 is 10.2 Å². The first-order valence-corrected chi connectivity index (χ1v) is 6.94. The Morgan fingerprint density at radius 1 is 1.39 bits per heavy atom. The van der Waals surface area contributed by atoms with Crippen LogP contribution in [0.5, 0.6) is 0 Å². The quantitative estimate of drug-likeness (QED) is 0.804. The van der Waals surface area contributed by atoms with Gasteiger partial charge in [-0.15, -0.1) is 0 Å². The van der Waals surface area contributed by atoms with Crippen LogP contribution in [0.15, 0.2) is 12.3 Å². The highest BCUT2D eigenvalue weighted by Crippen LogP contribution is 2.17. The van der Waals surface area contributed by atoms with Crippen LogP contribution in [-0.4, -0.2) is 24.6 Å². The van der Waals surface area contributed by atoms with Crippen molar-refractivity contribution >= 4 is 5.82 Å². The minimum atomic E-state index is 0.511. The molecule has 1 rings (SSSR count). The highest BCUT2D eigenvalue weighted by atomic mass is 15.2. The van der Waals surface area contributed by atoms with Crippen LogP contribution >= 0.6 is 0 Å². The van der Waals surface area contributed by atoms with Crippen LogP contribution < -0.4 is 10.2 Å². The summed E-state index contributed by atoms with van der Waals surface area (Å²) in [7, 11) is 2.12. The van der Waals surface area contributed by atoms with Gasteiger partial charge in [0.05, 0.1) is 0 Å². The number of nitrogens with one attached hydrogen (secondary N) is 1. The Hall–Kier alpha value is -1.09. The summed E-state index contributed by atoms with van der Waals surface area (Å²) in [6.07, 6.45) is 4.42. The fraction of sp³-hybridized carbons (Fsp3) is 0.667. The van der Waals surface area contributed by atoms with Gasteiger partial charge in [-0.2, -0.15) is 0 Å². The summed E-state index contributed by atoms with van der Waals surface area (Å²) < 4.78 is 0. The summed E-state index contributed by atoms with van der Waals surface area (Å²) >= 11 is 0. The lowest BCUT2D eigenvalue weighted by molar-refractivity contribution is 0.587. The molecule has 0 aliphatic heterocycles. The van der Waals surface area contributed by atoms with Gasteiger partial charge in [0.15, 0.2) is 0 Å². The summed E-state index contributed by atoms with van der Waals surface area (Å²) in [5.74, 6) is 1.11. The standard InChI is InChI=1S/C15H27N3/c1-6-7-8-18(5)15-13(4)9-14(11-17-15)10-16-12(2)3/h9,11-12,16H,6-8,10H2,1-5H3. The largest absolute Gasteiger partial charge is 0.359 e. The fourth-order valence-corrected chi connectivity index (χ4v) is 1.95. The first-order valence-electron chi connectivity index (χ1n) is 6.94. The molecular weight excluding hydrogens is 222 g/mol. The van der Waals surface area contributed by atoms with E-state index in [4.69, 9.17) is 0 Å². The van der Waals surface area contributed by atoms with Gasteiger partial charge in [0.2, 0.25) is 0 Å². The molecule has 1 heterocycles. The molecule has 1 aromatic heterocycles. The van der Waals surface area contributed by atoms with E-state index in [1.54, 1.807) is 0 Å². The summed E-state index contributed by atoms with van der Waals surface area (Å²) in [6, 6.07) is 2.75. The van der Waals surface area contributed by atoms with E-state index in [2.05, 4.69) is 56.0 Å². The molecule has 0 amide bonds.